The van der Waals surface area contributed by atoms with Crippen molar-refractivity contribution in [2.24, 2.45) is 17.8 Å². The molecule has 1 aromatic rings. The van der Waals surface area contributed by atoms with E-state index in [1.807, 2.05) is 6.08 Å². The summed E-state index contributed by atoms with van der Waals surface area (Å²) in [6.07, 6.45) is 7.97. The Bertz CT molecular complexity index is 494. The minimum atomic E-state index is 0.149. The Morgan fingerprint density at radius 1 is 1.40 bits per heavy atom. The number of anilines is 1. The van der Waals surface area contributed by atoms with Crippen LogP contribution in [-0.2, 0) is 4.79 Å². The Morgan fingerprint density at radius 2 is 2.20 bits per heavy atom. The Morgan fingerprint density at radius 3 is 2.85 bits per heavy atom. The van der Waals surface area contributed by atoms with E-state index in [-0.39, 0.29) is 11.8 Å². The largest absolute Gasteiger partial charge is 0.300 e. The zero-order valence-corrected chi connectivity index (χ0v) is 13.0. The summed E-state index contributed by atoms with van der Waals surface area (Å²) in [5.41, 5.74) is 0. The molecule has 4 rings (SSSR count). The molecular formula is C14H19N3OS2. The molecule has 3 saturated carbocycles. The molecule has 0 aromatic carbocycles. The summed E-state index contributed by atoms with van der Waals surface area (Å²) < 4.78 is 0.880. The summed E-state index contributed by atoms with van der Waals surface area (Å²) in [6.45, 7) is 3.68. The van der Waals surface area contributed by atoms with E-state index in [1.165, 1.54) is 37.0 Å². The molecule has 3 fully saturated rings. The van der Waals surface area contributed by atoms with Gasteiger partial charge in [-0.15, -0.1) is 16.8 Å². The van der Waals surface area contributed by atoms with Gasteiger partial charge in [-0.25, -0.2) is 0 Å². The summed E-state index contributed by atoms with van der Waals surface area (Å²) in [4.78, 5) is 12.4. The molecule has 1 heterocycles. The predicted octanol–water partition coefficient (Wildman–Crippen LogP) is 3.58. The van der Waals surface area contributed by atoms with E-state index in [2.05, 4.69) is 22.1 Å². The number of rotatable bonds is 5. The molecule has 0 radical (unpaired) electrons. The molecule has 2 bridgehead atoms. The van der Waals surface area contributed by atoms with Crippen LogP contribution in [0.3, 0.4) is 0 Å². The average molecular weight is 309 g/mol. The van der Waals surface area contributed by atoms with Crippen LogP contribution >= 0.6 is 23.1 Å². The Labute approximate surface area is 127 Å². The lowest BCUT2D eigenvalue weighted by Crippen LogP contribution is -2.38. The van der Waals surface area contributed by atoms with Crippen LogP contribution in [0.4, 0.5) is 5.13 Å². The first kappa shape index (κ1) is 14.1. The maximum absolute atomic E-state index is 12.4. The zero-order valence-electron chi connectivity index (χ0n) is 11.4. The van der Waals surface area contributed by atoms with Crippen molar-refractivity contribution in [2.45, 2.75) is 36.4 Å². The van der Waals surface area contributed by atoms with E-state index in [0.29, 0.717) is 11.0 Å². The van der Waals surface area contributed by atoms with Crippen molar-refractivity contribution in [3.8, 4) is 0 Å². The number of thioether (sulfide) groups is 1. The fraction of sp³-hybridized carbons (Fsp3) is 0.643. The number of amides is 1. The first-order valence-corrected chi connectivity index (χ1v) is 8.94. The van der Waals surface area contributed by atoms with Crippen molar-refractivity contribution in [3.63, 3.8) is 0 Å². The van der Waals surface area contributed by atoms with Gasteiger partial charge in [0.2, 0.25) is 11.0 Å². The van der Waals surface area contributed by atoms with Crippen molar-refractivity contribution in [1.82, 2.24) is 10.2 Å². The van der Waals surface area contributed by atoms with Gasteiger partial charge in [0.25, 0.3) is 0 Å². The van der Waals surface area contributed by atoms with Crippen molar-refractivity contribution < 1.29 is 4.79 Å². The van der Waals surface area contributed by atoms with Crippen LogP contribution in [0.25, 0.3) is 0 Å². The molecule has 0 spiro atoms. The SMILES string of the molecule is C=CCSc1nnc(NC(=O)C2CC3CCC2CC3)s1. The lowest BCUT2D eigenvalue weighted by atomic mass is 9.64. The molecule has 0 aliphatic heterocycles. The Kier molecular flexibility index (Phi) is 4.41. The molecule has 1 unspecified atom stereocenters. The quantitative estimate of drug-likeness (QED) is 0.513. The second-order valence-corrected chi connectivity index (χ2v) is 7.83. The Hall–Kier alpha value is -0.880. The summed E-state index contributed by atoms with van der Waals surface area (Å²) in [5, 5.41) is 11.7. The highest BCUT2D eigenvalue weighted by atomic mass is 32.2. The number of hydrogen-bond acceptors (Lipinski definition) is 5. The third-order valence-corrected chi connectivity index (χ3v) is 6.31. The minimum Gasteiger partial charge on any atom is -0.300 e. The number of nitrogens with one attached hydrogen (secondary N) is 1. The van der Waals surface area contributed by atoms with Crippen molar-refractivity contribution >= 4 is 34.1 Å². The first-order valence-electron chi connectivity index (χ1n) is 7.14. The van der Waals surface area contributed by atoms with Gasteiger partial charge in [0.05, 0.1) is 0 Å². The van der Waals surface area contributed by atoms with E-state index in [0.717, 1.165) is 22.4 Å². The molecule has 3 aliphatic rings. The maximum Gasteiger partial charge on any atom is 0.229 e. The van der Waals surface area contributed by atoms with Gasteiger partial charge in [-0.2, -0.15) is 0 Å². The second-order valence-electron chi connectivity index (χ2n) is 5.59. The molecule has 1 atom stereocenters. The molecule has 0 saturated heterocycles. The summed E-state index contributed by atoms with van der Waals surface area (Å²) in [7, 11) is 0. The van der Waals surface area contributed by atoms with Crippen molar-refractivity contribution in [3.05, 3.63) is 12.7 Å². The standard InChI is InChI=1S/C14H19N3OS2/c1-2-7-19-14-17-16-13(20-14)15-12(18)11-8-9-3-5-10(11)6-4-9/h2,9-11H,1,3-8H2,(H,15,16,18). The molecule has 6 heteroatoms. The molecule has 3 aliphatic carbocycles. The fourth-order valence-electron chi connectivity index (χ4n) is 3.35. The summed E-state index contributed by atoms with van der Waals surface area (Å²) in [5.74, 6) is 2.51. The van der Waals surface area contributed by atoms with E-state index in [1.54, 1.807) is 11.8 Å². The molecule has 108 valence electrons. The van der Waals surface area contributed by atoms with Crippen LogP contribution in [0.2, 0.25) is 0 Å². The first-order chi connectivity index (χ1) is 9.76. The molecule has 1 N–H and O–H groups in total. The van der Waals surface area contributed by atoms with Gasteiger partial charge in [-0.3, -0.25) is 4.79 Å². The number of aromatic nitrogens is 2. The predicted molar refractivity (Wildman–Crippen MR) is 83.0 cm³/mol. The normalized spacial score (nSPS) is 28.3. The molecule has 4 nitrogen and oxygen atoms in total. The molecule has 1 amide bonds. The Balaban J connectivity index is 1.58. The lowest BCUT2D eigenvalue weighted by Gasteiger charge is -2.41. The highest BCUT2D eigenvalue weighted by Gasteiger charge is 2.39. The number of nitrogens with zero attached hydrogens (tertiary/aromatic N) is 2. The van der Waals surface area contributed by atoms with Crippen LogP contribution in [0.15, 0.2) is 17.0 Å². The lowest BCUT2D eigenvalue weighted by molar-refractivity contribution is -0.124. The molecular weight excluding hydrogens is 290 g/mol. The van der Waals surface area contributed by atoms with Gasteiger partial charge in [-0.1, -0.05) is 42.0 Å². The summed E-state index contributed by atoms with van der Waals surface area (Å²) in [6, 6.07) is 0. The molecule has 1 aromatic heterocycles. The zero-order chi connectivity index (χ0) is 13.9. The molecule has 20 heavy (non-hydrogen) atoms. The third kappa shape index (κ3) is 3.06. The number of hydrogen-bond donors (Lipinski definition) is 1. The minimum absolute atomic E-state index is 0.149. The third-order valence-electron chi connectivity index (χ3n) is 4.35. The highest BCUT2D eigenvalue weighted by Crippen LogP contribution is 2.45. The van der Waals surface area contributed by atoms with Crippen LogP contribution in [0.5, 0.6) is 0 Å². The van der Waals surface area contributed by atoms with Gasteiger partial charge >= 0.3 is 0 Å². The van der Waals surface area contributed by atoms with Crippen molar-refractivity contribution in [1.29, 1.82) is 0 Å². The van der Waals surface area contributed by atoms with Gasteiger partial charge in [0, 0.05) is 11.7 Å². The van der Waals surface area contributed by atoms with Crippen LogP contribution in [-0.4, -0.2) is 21.9 Å². The van der Waals surface area contributed by atoms with Gasteiger partial charge in [0.15, 0.2) is 4.34 Å². The number of carbonyl (C=O) groups excluding carboxylic acids is 1. The monoisotopic (exact) mass is 309 g/mol. The van der Waals surface area contributed by atoms with Crippen LogP contribution in [0.1, 0.15) is 32.1 Å². The van der Waals surface area contributed by atoms with Crippen molar-refractivity contribution in [2.75, 3.05) is 11.1 Å². The topological polar surface area (TPSA) is 54.9 Å². The van der Waals surface area contributed by atoms with Crippen LogP contribution in [0, 0.1) is 17.8 Å². The van der Waals surface area contributed by atoms with Gasteiger partial charge in [0.1, 0.15) is 0 Å². The maximum atomic E-state index is 12.4. The van der Waals surface area contributed by atoms with E-state index < -0.39 is 0 Å². The van der Waals surface area contributed by atoms with Gasteiger partial charge in [-0.05, 0) is 31.1 Å². The average Bonchev–Trinajstić information content (AvgIpc) is 2.93. The van der Waals surface area contributed by atoms with E-state index in [9.17, 15) is 4.79 Å². The van der Waals surface area contributed by atoms with Gasteiger partial charge < -0.3 is 5.32 Å². The number of fused-ring (bicyclic) bond motifs is 3. The number of carbonyl (C=O) groups is 1. The fourth-order valence-corrected chi connectivity index (χ4v) is 4.86. The highest BCUT2D eigenvalue weighted by molar-refractivity contribution is 8.01. The van der Waals surface area contributed by atoms with E-state index >= 15 is 0 Å². The summed E-state index contributed by atoms with van der Waals surface area (Å²) >= 11 is 3.04. The van der Waals surface area contributed by atoms with E-state index in [4.69, 9.17) is 0 Å². The second kappa shape index (κ2) is 6.26. The smallest absolute Gasteiger partial charge is 0.229 e. The van der Waals surface area contributed by atoms with Crippen LogP contribution < -0.4 is 5.32 Å².